The topological polar surface area (TPSA) is 54.9 Å². The third-order valence-corrected chi connectivity index (χ3v) is 7.09. The number of halogens is 1. The second-order valence-corrected chi connectivity index (χ2v) is 9.38. The van der Waals surface area contributed by atoms with Gasteiger partial charge < -0.3 is 5.32 Å². The Balaban J connectivity index is 1.56. The Labute approximate surface area is 165 Å². The highest BCUT2D eigenvalue weighted by molar-refractivity contribution is 8.00. The Kier molecular flexibility index (Phi) is 5.14. The Bertz CT molecular complexity index is 987. The summed E-state index contributed by atoms with van der Waals surface area (Å²) in [6.45, 7) is 4.15. The molecule has 7 heteroatoms. The van der Waals surface area contributed by atoms with Crippen LogP contribution in [0.15, 0.2) is 35.6 Å². The number of aryl methyl sites for hydroxylation is 1. The van der Waals surface area contributed by atoms with E-state index in [9.17, 15) is 9.18 Å². The van der Waals surface area contributed by atoms with E-state index >= 15 is 0 Å². The number of amides is 1. The first-order valence-electron chi connectivity index (χ1n) is 8.99. The number of aromatic nitrogens is 2. The average molecular weight is 402 g/mol. The first kappa shape index (κ1) is 18.4. The zero-order valence-electron chi connectivity index (χ0n) is 15.2. The number of thioether (sulfide) groups is 1. The highest BCUT2D eigenvalue weighted by Crippen LogP contribution is 2.41. The highest BCUT2D eigenvalue weighted by Gasteiger charge is 2.25. The lowest BCUT2D eigenvalue weighted by Crippen LogP contribution is -2.22. The van der Waals surface area contributed by atoms with Crippen LogP contribution in [0.3, 0.4) is 0 Å². The number of hydrogen-bond acceptors (Lipinski definition) is 5. The summed E-state index contributed by atoms with van der Waals surface area (Å²) in [5.74, 6) is 0.251. The number of carbonyl (C=O) groups is 1. The van der Waals surface area contributed by atoms with Gasteiger partial charge in [0.1, 0.15) is 22.0 Å². The zero-order chi connectivity index (χ0) is 19.0. The van der Waals surface area contributed by atoms with E-state index in [1.165, 1.54) is 40.8 Å². The van der Waals surface area contributed by atoms with Crippen LogP contribution < -0.4 is 5.32 Å². The van der Waals surface area contributed by atoms with E-state index in [1.807, 2.05) is 6.92 Å². The molecule has 140 valence electrons. The molecule has 0 radical (unpaired) electrons. The average Bonchev–Trinajstić information content (AvgIpc) is 3.01. The second-order valence-electron chi connectivity index (χ2n) is 6.97. The van der Waals surface area contributed by atoms with Gasteiger partial charge in [-0.15, -0.1) is 11.3 Å². The molecule has 1 N–H and O–H groups in total. The van der Waals surface area contributed by atoms with Gasteiger partial charge in [-0.2, -0.15) is 0 Å². The van der Waals surface area contributed by atoms with Crippen LogP contribution in [0.5, 0.6) is 0 Å². The van der Waals surface area contributed by atoms with E-state index in [-0.39, 0.29) is 17.0 Å². The minimum atomic E-state index is -0.328. The fourth-order valence-electron chi connectivity index (χ4n) is 3.33. The van der Waals surface area contributed by atoms with Gasteiger partial charge in [-0.25, -0.2) is 14.4 Å². The fourth-order valence-corrected chi connectivity index (χ4v) is 5.70. The number of anilines is 1. The minimum Gasteiger partial charge on any atom is -0.325 e. The molecule has 0 spiro atoms. The zero-order valence-corrected chi connectivity index (χ0v) is 16.8. The molecule has 0 aliphatic heterocycles. The molecule has 1 aliphatic rings. The molecule has 1 amide bonds. The van der Waals surface area contributed by atoms with Gasteiger partial charge in [0.25, 0.3) is 0 Å². The molecule has 2 heterocycles. The molecule has 0 bridgehead atoms. The summed E-state index contributed by atoms with van der Waals surface area (Å²) >= 11 is 3.21. The van der Waals surface area contributed by atoms with E-state index < -0.39 is 0 Å². The second kappa shape index (κ2) is 7.56. The molecule has 27 heavy (non-hydrogen) atoms. The summed E-state index contributed by atoms with van der Waals surface area (Å²) in [5, 5.41) is 4.49. The summed E-state index contributed by atoms with van der Waals surface area (Å²) in [5.41, 5.74) is 1.95. The normalized spacial score (nSPS) is 17.5. The largest absolute Gasteiger partial charge is 0.325 e. The summed E-state index contributed by atoms with van der Waals surface area (Å²) in [7, 11) is 0. The molecule has 1 aromatic carbocycles. The predicted octanol–water partition coefficient (Wildman–Crippen LogP) is 5.07. The van der Waals surface area contributed by atoms with Crippen molar-refractivity contribution in [1.29, 1.82) is 0 Å². The van der Waals surface area contributed by atoms with Crippen molar-refractivity contribution < 1.29 is 9.18 Å². The number of benzene rings is 1. The van der Waals surface area contributed by atoms with Crippen molar-refractivity contribution in [1.82, 2.24) is 9.97 Å². The highest BCUT2D eigenvalue weighted by atomic mass is 32.2. The van der Waals surface area contributed by atoms with Crippen LogP contribution in [-0.4, -0.2) is 21.1 Å². The van der Waals surface area contributed by atoms with Crippen molar-refractivity contribution in [3.05, 3.63) is 46.9 Å². The maximum Gasteiger partial charge on any atom is 0.237 e. The van der Waals surface area contributed by atoms with Crippen molar-refractivity contribution in [2.24, 2.45) is 5.92 Å². The van der Waals surface area contributed by atoms with Crippen molar-refractivity contribution in [2.45, 2.75) is 43.4 Å². The summed E-state index contributed by atoms with van der Waals surface area (Å²) in [6, 6.07) is 5.79. The molecule has 0 saturated heterocycles. The standard InChI is InChI=1S/C20H20FN3OS2/c1-11-3-8-15-16(9-11)27-20-17(15)19(22-10-23-20)26-12(2)18(25)24-14-6-4-13(21)5-7-14/h4-7,10-12H,3,8-9H2,1-2H3,(H,24,25)/t11-,12-/m1/s1. The molecular formula is C20H20FN3OS2. The number of nitrogens with zero attached hydrogens (tertiary/aromatic N) is 2. The van der Waals surface area contributed by atoms with Gasteiger partial charge >= 0.3 is 0 Å². The molecule has 3 aromatic rings. The van der Waals surface area contributed by atoms with E-state index in [2.05, 4.69) is 22.2 Å². The number of hydrogen-bond donors (Lipinski definition) is 1. The van der Waals surface area contributed by atoms with Crippen molar-refractivity contribution in [3.63, 3.8) is 0 Å². The minimum absolute atomic E-state index is 0.129. The lowest BCUT2D eigenvalue weighted by Gasteiger charge is -2.18. The molecule has 0 unspecified atom stereocenters. The molecule has 4 rings (SSSR count). The lowest BCUT2D eigenvalue weighted by atomic mass is 9.89. The van der Waals surface area contributed by atoms with Crippen molar-refractivity contribution in [3.8, 4) is 0 Å². The van der Waals surface area contributed by atoms with Crippen LogP contribution in [0.25, 0.3) is 10.2 Å². The van der Waals surface area contributed by atoms with E-state index in [1.54, 1.807) is 29.8 Å². The molecular weight excluding hydrogens is 381 g/mol. The monoisotopic (exact) mass is 401 g/mol. The number of fused-ring (bicyclic) bond motifs is 3. The van der Waals surface area contributed by atoms with Crippen molar-refractivity contribution >= 4 is 44.9 Å². The molecule has 0 saturated carbocycles. The molecule has 0 fully saturated rings. The fraction of sp³-hybridized carbons (Fsp3) is 0.350. The smallest absolute Gasteiger partial charge is 0.237 e. The van der Waals surface area contributed by atoms with Crippen LogP contribution in [0.2, 0.25) is 0 Å². The SMILES string of the molecule is C[C@@H]1CCc2c(sc3ncnc(S[C@H](C)C(=O)Nc4ccc(F)cc4)c23)C1. The number of thiophene rings is 1. The van der Waals surface area contributed by atoms with Gasteiger partial charge in [0.2, 0.25) is 5.91 Å². The lowest BCUT2D eigenvalue weighted by molar-refractivity contribution is -0.115. The van der Waals surface area contributed by atoms with Crippen molar-refractivity contribution in [2.75, 3.05) is 5.32 Å². The van der Waals surface area contributed by atoms with E-state index in [0.717, 1.165) is 28.1 Å². The van der Waals surface area contributed by atoms with Crippen LogP contribution in [0, 0.1) is 11.7 Å². The molecule has 4 nitrogen and oxygen atoms in total. The molecule has 2 atom stereocenters. The van der Waals surface area contributed by atoms with Crippen LogP contribution in [-0.2, 0) is 17.6 Å². The maximum atomic E-state index is 13.0. The number of rotatable bonds is 4. The van der Waals surface area contributed by atoms with Gasteiger partial charge in [0.15, 0.2) is 0 Å². The van der Waals surface area contributed by atoms with Crippen LogP contribution >= 0.6 is 23.1 Å². The Morgan fingerprint density at radius 3 is 2.89 bits per heavy atom. The first-order chi connectivity index (χ1) is 13.0. The van der Waals surface area contributed by atoms with Gasteiger partial charge in [0, 0.05) is 16.0 Å². The van der Waals surface area contributed by atoms with Crippen LogP contribution in [0.4, 0.5) is 10.1 Å². The quantitative estimate of drug-likeness (QED) is 0.490. The molecule has 1 aliphatic carbocycles. The van der Waals surface area contributed by atoms with Gasteiger partial charge in [-0.1, -0.05) is 18.7 Å². The Morgan fingerprint density at radius 2 is 2.11 bits per heavy atom. The number of carbonyl (C=O) groups excluding carboxylic acids is 1. The molecule has 2 aromatic heterocycles. The predicted molar refractivity (Wildman–Crippen MR) is 109 cm³/mol. The van der Waals surface area contributed by atoms with E-state index in [0.29, 0.717) is 11.6 Å². The Hall–Kier alpha value is -1.99. The van der Waals surface area contributed by atoms with E-state index in [4.69, 9.17) is 0 Å². The Morgan fingerprint density at radius 1 is 1.33 bits per heavy atom. The third-order valence-electron chi connectivity index (χ3n) is 4.83. The maximum absolute atomic E-state index is 13.0. The third kappa shape index (κ3) is 3.84. The van der Waals surface area contributed by atoms with Crippen LogP contribution in [0.1, 0.15) is 30.7 Å². The van der Waals surface area contributed by atoms with Gasteiger partial charge in [0.05, 0.1) is 5.25 Å². The summed E-state index contributed by atoms with van der Waals surface area (Å²) < 4.78 is 13.0. The van der Waals surface area contributed by atoms with Gasteiger partial charge in [-0.05, 0) is 61.9 Å². The summed E-state index contributed by atoms with van der Waals surface area (Å²) in [4.78, 5) is 23.9. The summed E-state index contributed by atoms with van der Waals surface area (Å²) in [6.07, 6.45) is 4.91. The number of nitrogens with one attached hydrogen (secondary N) is 1. The van der Waals surface area contributed by atoms with Gasteiger partial charge in [-0.3, -0.25) is 4.79 Å². The first-order valence-corrected chi connectivity index (χ1v) is 10.7.